The molecule has 0 unspecified atom stereocenters. The zero-order valence-corrected chi connectivity index (χ0v) is 13.9. The first-order valence-electron chi connectivity index (χ1n) is 9.26. The number of pyridine rings is 1. The Morgan fingerprint density at radius 3 is 2.78 bits per heavy atom. The minimum atomic E-state index is 0.270. The van der Waals surface area contributed by atoms with Crippen LogP contribution in [0, 0.1) is 5.92 Å². The molecule has 23 heavy (non-hydrogen) atoms. The predicted molar refractivity (Wildman–Crippen MR) is 89.1 cm³/mol. The molecule has 4 nitrogen and oxygen atoms in total. The van der Waals surface area contributed by atoms with Gasteiger partial charge in [0.05, 0.1) is 18.8 Å². The van der Waals surface area contributed by atoms with Gasteiger partial charge >= 0.3 is 0 Å². The van der Waals surface area contributed by atoms with E-state index in [1.54, 1.807) is 0 Å². The summed E-state index contributed by atoms with van der Waals surface area (Å²) < 4.78 is 12.4. The molecule has 0 N–H and O–H groups in total. The highest BCUT2D eigenvalue weighted by Gasteiger charge is 2.43. The monoisotopic (exact) mass is 316 g/mol. The lowest BCUT2D eigenvalue weighted by atomic mass is 10.1. The van der Waals surface area contributed by atoms with Crippen molar-refractivity contribution in [3.63, 3.8) is 0 Å². The number of morpholine rings is 1. The second-order valence-electron chi connectivity index (χ2n) is 7.33. The van der Waals surface area contributed by atoms with Gasteiger partial charge in [-0.3, -0.25) is 9.88 Å². The van der Waals surface area contributed by atoms with Crippen molar-refractivity contribution in [2.45, 2.75) is 63.3 Å². The molecular weight excluding hydrogens is 288 g/mol. The van der Waals surface area contributed by atoms with Gasteiger partial charge in [0.1, 0.15) is 0 Å². The highest BCUT2D eigenvalue weighted by molar-refractivity contribution is 5.10. The van der Waals surface area contributed by atoms with Crippen LogP contribution in [0.15, 0.2) is 24.5 Å². The summed E-state index contributed by atoms with van der Waals surface area (Å²) in [7, 11) is 0. The van der Waals surface area contributed by atoms with E-state index in [9.17, 15) is 0 Å². The van der Waals surface area contributed by atoms with Crippen LogP contribution in [0.4, 0.5) is 0 Å². The summed E-state index contributed by atoms with van der Waals surface area (Å²) in [5, 5.41) is 0. The van der Waals surface area contributed by atoms with E-state index in [0.717, 1.165) is 38.6 Å². The van der Waals surface area contributed by atoms with E-state index in [1.165, 1.54) is 37.7 Å². The van der Waals surface area contributed by atoms with E-state index < -0.39 is 0 Å². The van der Waals surface area contributed by atoms with Gasteiger partial charge in [0.2, 0.25) is 0 Å². The lowest BCUT2D eigenvalue weighted by Gasteiger charge is -2.39. The Bertz CT molecular complexity index is 489. The average Bonchev–Trinajstić information content (AvgIpc) is 3.24. The van der Waals surface area contributed by atoms with Crippen LogP contribution in [-0.2, 0) is 16.0 Å². The molecule has 3 fully saturated rings. The molecule has 1 aromatic heterocycles. The van der Waals surface area contributed by atoms with Crippen molar-refractivity contribution in [1.29, 1.82) is 0 Å². The van der Waals surface area contributed by atoms with Crippen LogP contribution >= 0.6 is 0 Å². The second-order valence-corrected chi connectivity index (χ2v) is 7.33. The first-order valence-corrected chi connectivity index (χ1v) is 9.26. The summed E-state index contributed by atoms with van der Waals surface area (Å²) in [6.07, 6.45) is 12.2. The average molecular weight is 316 g/mol. The van der Waals surface area contributed by atoms with Crippen LogP contribution in [0.5, 0.6) is 0 Å². The van der Waals surface area contributed by atoms with Crippen molar-refractivity contribution < 1.29 is 9.47 Å². The van der Waals surface area contributed by atoms with Gasteiger partial charge in [0.15, 0.2) is 0 Å². The molecule has 3 aliphatic rings. The maximum Gasteiger partial charge on any atom is 0.0992 e. The molecular formula is C19H28N2O2. The molecule has 0 spiro atoms. The molecule has 0 amide bonds. The maximum atomic E-state index is 6.29. The lowest BCUT2D eigenvalue weighted by molar-refractivity contribution is -0.119. The quantitative estimate of drug-likeness (QED) is 0.836. The molecule has 126 valence electrons. The fourth-order valence-corrected chi connectivity index (χ4v) is 4.53. The molecule has 4 heteroatoms. The van der Waals surface area contributed by atoms with Crippen molar-refractivity contribution in [2.75, 3.05) is 19.8 Å². The Kier molecular flexibility index (Phi) is 4.93. The predicted octanol–water partition coefficient (Wildman–Crippen LogP) is 3.02. The third kappa shape index (κ3) is 3.59. The molecule has 0 radical (unpaired) electrons. The van der Waals surface area contributed by atoms with Gasteiger partial charge in [0.25, 0.3) is 0 Å². The van der Waals surface area contributed by atoms with Gasteiger partial charge < -0.3 is 9.47 Å². The summed E-state index contributed by atoms with van der Waals surface area (Å²) in [5.74, 6) is 0.797. The number of hydrogen-bond acceptors (Lipinski definition) is 4. The summed E-state index contributed by atoms with van der Waals surface area (Å²) in [6, 6.07) is 4.76. The van der Waals surface area contributed by atoms with Gasteiger partial charge in [-0.05, 0) is 49.3 Å². The van der Waals surface area contributed by atoms with E-state index in [1.807, 2.05) is 12.4 Å². The van der Waals surface area contributed by atoms with E-state index >= 15 is 0 Å². The number of hydrogen-bond donors (Lipinski definition) is 0. The highest BCUT2D eigenvalue weighted by Crippen LogP contribution is 2.34. The Hall–Kier alpha value is -0.970. The molecule has 2 saturated carbocycles. The molecule has 3 atom stereocenters. The van der Waals surface area contributed by atoms with E-state index in [0.29, 0.717) is 12.1 Å². The number of fused-ring (bicyclic) bond motifs is 1. The number of aromatic nitrogens is 1. The van der Waals surface area contributed by atoms with Crippen LogP contribution in [0.3, 0.4) is 0 Å². The van der Waals surface area contributed by atoms with Gasteiger partial charge in [-0.25, -0.2) is 0 Å². The molecule has 1 aromatic rings. The summed E-state index contributed by atoms with van der Waals surface area (Å²) in [5.41, 5.74) is 1.34. The number of rotatable bonds is 5. The maximum absolute atomic E-state index is 6.29. The van der Waals surface area contributed by atoms with Gasteiger partial charge in [-0.15, -0.1) is 0 Å². The Balaban J connectivity index is 1.34. The fraction of sp³-hybridized carbons (Fsp3) is 0.737. The van der Waals surface area contributed by atoms with Crippen molar-refractivity contribution in [1.82, 2.24) is 9.88 Å². The van der Waals surface area contributed by atoms with Crippen molar-refractivity contribution in [2.24, 2.45) is 5.92 Å². The minimum Gasteiger partial charge on any atom is -0.375 e. The van der Waals surface area contributed by atoms with Crippen LogP contribution in [0.2, 0.25) is 0 Å². The second kappa shape index (κ2) is 7.29. The molecule has 0 bridgehead atoms. The Labute approximate surface area is 139 Å². The van der Waals surface area contributed by atoms with Crippen molar-refractivity contribution >= 4 is 0 Å². The summed E-state index contributed by atoms with van der Waals surface area (Å²) in [4.78, 5) is 6.70. The first kappa shape index (κ1) is 15.6. The number of ether oxygens (including phenoxy) is 2. The lowest BCUT2D eigenvalue weighted by Crippen LogP contribution is -2.51. The SMILES string of the molecule is c1cc(CN2CCO[C@H]3[C@H](OCC4CCCC4)CC[C@@H]32)ccn1. The standard InChI is InChI=1S/C19H28N2O2/c1-2-4-16(3-1)14-23-18-6-5-17-19(18)22-12-11-21(17)13-15-7-9-20-10-8-15/h7-10,16-19H,1-6,11-14H2/t17-,18+,19+/m0/s1. The van der Waals surface area contributed by atoms with Gasteiger partial charge in [-0.2, -0.15) is 0 Å². The molecule has 1 saturated heterocycles. The van der Waals surface area contributed by atoms with Crippen LogP contribution < -0.4 is 0 Å². The van der Waals surface area contributed by atoms with E-state index in [2.05, 4.69) is 22.0 Å². The van der Waals surface area contributed by atoms with Gasteiger partial charge in [0, 0.05) is 38.1 Å². The Morgan fingerprint density at radius 1 is 1.13 bits per heavy atom. The van der Waals surface area contributed by atoms with E-state index in [4.69, 9.17) is 9.47 Å². The van der Waals surface area contributed by atoms with E-state index in [-0.39, 0.29) is 6.10 Å². The highest BCUT2D eigenvalue weighted by atomic mass is 16.5. The third-order valence-electron chi connectivity index (χ3n) is 5.81. The molecule has 0 aromatic carbocycles. The fourth-order valence-electron chi connectivity index (χ4n) is 4.53. The number of nitrogens with zero attached hydrogens (tertiary/aromatic N) is 2. The van der Waals surface area contributed by atoms with Crippen molar-refractivity contribution in [3.8, 4) is 0 Å². The van der Waals surface area contributed by atoms with Crippen LogP contribution in [-0.4, -0.2) is 47.9 Å². The van der Waals surface area contributed by atoms with Crippen LogP contribution in [0.1, 0.15) is 44.1 Å². The van der Waals surface area contributed by atoms with Crippen LogP contribution in [0.25, 0.3) is 0 Å². The molecule has 4 rings (SSSR count). The van der Waals surface area contributed by atoms with Crippen molar-refractivity contribution in [3.05, 3.63) is 30.1 Å². The smallest absolute Gasteiger partial charge is 0.0992 e. The molecule has 2 heterocycles. The molecule has 1 aliphatic heterocycles. The third-order valence-corrected chi connectivity index (χ3v) is 5.81. The summed E-state index contributed by atoms with van der Waals surface area (Å²) in [6.45, 7) is 3.80. The normalized spacial score (nSPS) is 32.3. The Morgan fingerprint density at radius 2 is 1.96 bits per heavy atom. The zero-order valence-electron chi connectivity index (χ0n) is 13.9. The van der Waals surface area contributed by atoms with Gasteiger partial charge in [-0.1, -0.05) is 12.8 Å². The topological polar surface area (TPSA) is 34.6 Å². The largest absolute Gasteiger partial charge is 0.375 e. The molecule has 2 aliphatic carbocycles. The first-order chi connectivity index (χ1) is 11.4. The zero-order chi connectivity index (χ0) is 15.5. The minimum absolute atomic E-state index is 0.270. The summed E-state index contributed by atoms with van der Waals surface area (Å²) >= 11 is 0.